The largest absolute Gasteiger partial charge is 0.417 e. The lowest BCUT2D eigenvalue weighted by Crippen LogP contribution is -2.47. The van der Waals surface area contributed by atoms with E-state index in [1.807, 2.05) is 0 Å². The summed E-state index contributed by atoms with van der Waals surface area (Å²) in [5.74, 6) is -0.709. The monoisotopic (exact) mass is 475 g/mol. The molecule has 3 rings (SSSR count). The fourth-order valence-electron chi connectivity index (χ4n) is 3.00. The molecule has 1 heterocycles. The predicted octanol–water partition coefficient (Wildman–Crippen LogP) is 3.07. The highest BCUT2D eigenvalue weighted by molar-refractivity contribution is 7.89. The third kappa shape index (κ3) is 5.17. The number of anilines is 1. The Bertz CT molecular complexity index is 1080. The van der Waals surface area contributed by atoms with E-state index in [9.17, 15) is 31.2 Å². The summed E-state index contributed by atoms with van der Waals surface area (Å²) < 4.78 is 65.6. The summed E-state index contributed by atoms with van der Waals surface area (Å²) in [6.45, 7) is 0.872. The quantitative estimate of drug-likeness (QED) is 0.673. The maximum absolute atomic E-state index is 13.0. The molecule has 1 fully saturated rings. The summed E-state index contributed by atoms with van der Waals surface area (Å²) in [5, 5.41) is 1.84. The van der Waals surface area contributed by atoms with Gasteiger partial charge in [-0.3, -0.25) is 9.59 Å². The van der Waals surface area contributed by atoms with Crippen LogP contribution < -0.4 is 5.32 Å². The lowest BCUT2D eigenvalue weighted by molar-refractivity contribution is -0.137. The highest BCUT2D eigenvalue weighted by Crippen LogP contribution is 2.36. The van der Waals surface area contributed by atoms with E-state index in [-0.39, 0.29) is 42.3 Å². The molecular weight excluding hydrogens is 459 g/mol. The van der Waals surface area contributed by atoms with E-state index in [1.165, 1.54) is 39.5 Å². The maximum atomic E-state index is 13.0. The number of hydrogen-bond donors (Lipinski definition) is 1. The van der Waals surface area contributed by atoms with Crippen LogP contribution in [0.15, 0.2) is 47.4 Å². The van der Waals surface area contributed by atoms with Crippen LogP contribution in [0.2, 0.25) is 5.02 Å². The van der Waals surface area contributed by atoms with Crippen molar-refractivity contribution in [1.29, 1.82) is 0 Å². The molecule has 2 aromatic rings. The average Bonchev–Trinajstić information content (AvgIpc) is 2.74. The zero-order valence-corrected chi connectivity index (χ0v) is 17.5. The Morgan fingerprint density at radius 3 is 2.19 bits per heavy atom. The molecule has 1 N–H and O–H groups in total. The number of rotatable bonds is 5. The van der Waals surface area contributed by atoms with Gasteiger partial charge in [-0.15, -0.1) is 0 Å². The van der Waals surface area contributed by atoms with Crippen molar-refractivity contribution in [2.45, 2.75) is 11.1 Å². The molecule has 0 unspecified atom stereocenters. The Morgan fingerprint density at radius 1 is 1.03 bits per heavy atom. The van der Waals surface area contributed by atoms with Gasteiger partial charge in [-0.1, -0.05) is 11.6 Å². The molecule has 1 aliphatic rings. The van der Waals surface area contributed by atoms with E-state index in [2.05, 4.69) is 5.32 Å². The highest BCUT2D eigenvalue weighted by Gasteiger charge is 2.33. The molecule has 0 spiro atoms. The average molecular weight is 476 g/mol. The van der Waals surface area contributed by atoms with E-state index < -0.39 is 32.7 Å². The van der Waals surface area contributed by atoms with Gasteiger partial charge >= 0.3 is 6.18 Å². The first-order chi connectivity index (χ1) is 14.5. The van der Waals surface area contributed by atoms with Crippen LogP contribution >= 0.6 is 11.6 Å². The van der Waals surface area contributed by atoms with Gasteiger partial charge in [0.1, 0.15) is 0 Å². The summed E-state index contributed by atoms with van der Waals surface area (Å²) >= 11 is 5.56. The third-order valence-electron chi connectivity index (χ3n) is 4.71. The zero-order chi connectivity index (χ0) is 22.8. The van der Waals surface area contributed by atoms with Gasteiger partial charge in [0.2, 0.25) is 16.4 Å². The first-order valence-electron chi connectivity index (χ1n) is 9.00. The minimum absolute atomic E-state index is 0.0329. The molecule has 1 aliphatic heterocycles. The lowest BCUT2D eigenvalue weighted by Gasteiger charge is -2.31. The topological polar surface area (TPSA) is 86.8 Å². The van der Waals surface area contributed by atoms with Gasteiger partial charge < -0.3 is 10.2 Å². The zero-order valence-electron chi connectivity index (χ0n) is 15.9. The molecule has 0 radical (unpaired) electrons. The molecule has 12 heteroatoms. The van der Waals surface area contributed by atoms with Crippen LogP contribution in [-0.4, -0.2) is 56.1 Å². The number of alkyl halides is 3. The number of hydrogen-bond acceptors (Lipinski definition) is 4. The van der Waals surface area contributed by atoms with E-state index >= 15 is 0 Å². The Balaban J connectivity index is 1.73. The van der Waals surface area contributed by atoms with Crippen molar-refractivity contribution in [2.24, 2.45) is 0 Å². The van der Waals surface area contributed by atoms with E-state index in [0.717, 1.165) is 12.1 Å². The number of halogens is 4. The molecule has 166 valence electrons. The van der Waals surface area contributed by atoms with Gasteiger partial charge in [-0.2, -0.15) is 17.5 Å². The third-order valence-corrected chi connectivity index (χ3v) is 6.95. The second kappa shape index (κ2) is 8.85. The molecule has 0 aliphatic carbocycles. The van der Waals surface area contributed by atoms with Crippen LogP contribution in [0.3, 0.4) is 0 Å². The van der Waals surface area contributed by atoms with Gasteiger partial charge in [-0.05, 0) is 42.5 Å². The van der Waals surface area contributed by atoms with E-state index in [1.54, 1.807) is 0 Å². The van der Waals surface area contributed by atoms with Crippen LogP contribution in [0.25, 0.3) is 0 Å². The number of nitrogens with zero attached hydrogens (tertiary/aromatic N) is 2. The second-order valence-corrected chi connectivity index (χ2v) is 9.06. The summed E-state index contributed by atoms with van der Waals surface area (Å²) in [6.07, 6.45) is -4.01. The Kier molecular flexibility index (Phi) is 6.58. The molecule has 1 saturated heterocycles. The summed E-state index contributed by atoms with van der Waals surface area (Å²) in [4.78, 5) is 24.6. The smallest absolute Gasteiger partial charge is 0.343 e. The summed E-state index contributed by atoms with van der Waals surface area (Å²) in [7, 11) is -3.80. The fourth-order valence-corrected chi connectivity index (χ4v) is 4.65. The number of amides is 2. The van der Waals surface area contributed by atoms with Crippen LogP contribution in [0, 0.1) is 0 Å². The molecule has 0 saturated carbocycles. The first kappa shape index (κ1) is 23.0. The predicted molar refractivity (Wildman–Crippen MR) is 107 cm³/mol. The normalized spacial score (nSPS) is 15.5. The van der Waals surface area contributed by atoms with Gasteiger partial charge in [-0.25, -0.2) is 8.42 Å². The first-order valence-corrected chi connectivity index (χ1v) is 10.8. The van der Waals surface area contributed by atoms with Gasteiger partial charge in [0.05, 0.1) is 15.5 Å². The molecule has 2 aromatic carbocycles. The molecular formula is C19H17ClF3N3O4S. The van der Waals surface area contributed by atoms with E-state index in [4.69, 9.17) is 11.6 Å². The van der Waals surface area contributed by atoms with Crippen molar-refractivity contribution in [3.63, 3.8) is 0 Å². The number of nitrogens with one attached hydrogen (secondary N) is 1. The van der Waals surface area contributed by atoms with Crippen molar-refractivity contribution < 1.29 is 31.2 Å². The number of benzene rings is 2. The minimum atomic E-state index is -4.68. The molecule has 0 bridgehead atoms. The van der Waals surface area contributed by atoms with E-state index in [0.29, 0.717) is 6.41 Å². The molecule has 7 nitrogen and oxygen atoms in total. The van der Waals surface area contributed by atoms with Gasteiger partial charge in [0.15, 0.2) is 0 Å². The van der Waals surface area contributed by atoms with Crippen molar-refractivity contribution in [1.82, 2.24) is 9.21 Å². The molecule has 0 aromatic heterocycles. The number of piperazine rings is 1. The number of carbonyl (C=O) groups is 2. The summed E-state index contributed by atoms with van der Waals surface area (Å²) in [6, 6.07) is 8.01. The minimum Gasteiger partial charge on any atom is -0.343 e. The number of sulfonamides is 1. The second-order valence-electron chi connectivity index (χ2n) is 6.72. The Hall–Kier alpha value is -2.63. The van der Waals surface area contributed by atoms with Crippen LogP contribution in [0.4, 0.5) is 18.9 Å². The maximum Gasteiger partial charge on any atom is 0.417 e. The standard InChI is InChI=1S/C19H17ClF3N3O4S/c20-17-6-3-14(11-16(17)19(21,22)23)24-18(28)13-1-4-15(5-2-13)31(29,30)26-9-7-25(12-27)8-10-26/h1-6,11-12H,7-10H2,(H,24,28). The van der Waals surface area contributed by atoms with Crippen LogP contribution in [0.1, 0.15) is 15.9 Å². The molecule has 0 atom stereocenters. The SMILES string of the molecule is O=CN1CCN(S(=O)(=O)c2ccc(C(=O)Nc3ccc(Cl)c(C(F)(F)F)c3)cc2)CC1. The highest BCUT2D eigenvalue weighted by atomic mass is 35.5. The lowest BCUT2D eigenvalue weighted by atomic mass is 10.1. The van der Waals surface area contributed by atoms with Crippen molar-refractivity contribution in [3.8, 4) is 0 Å². The van der Waals surface area contributed by atoms with Crippen molar-refractivity contribution in [2.75, 3.05) is 31.5 Å². The van der Waals surface area contributed by atoms with Crippen molar-refractivity contribution >= 4 is 39.6 Å². The van der Waals surface area contributed by atoms with Gasteiger partial charge in [0, 0.05) is 37.4 Å². The molecule has 2 amide bonds. The Morgan fingerprint density at radius 2 is 1.65 bits per heavy atom. The Labute approximate surface area is 181 Å². The van der Waals surface area contributed by atoms with Crippen LogP contribution in [-0.2, 0) is 21.0 Å². The molecule has 31 heavy (non-hydrogen) atoms. The van der Waals surface area contributed by atoms with Crippen molar-refractivity contribution in [3.05, 3.63) is 58.6 Å². The van der Waals surface area contributed by atoms with Gasteiger partial charge in [0.25, 0.3) is 5.91 Å². The number of carbonyl (C=O) groups excluding carboxylic acids is 2. The summed E-state index contributed by atoms with van der Waals surface area (Å²) in [5.41, 5.74) is -1.12. The fraction of sp³-hybridized carbons (Fsp3) is 0.263. The van der Waals surface area contributed by atoms with Crippen LogP contribution in [0.5, 0.6) is 0 Å².